The third kappa shape index (κ3) is 5.50. The van der Waals surface area contributed by atoms with Gasteiger partial charge in [-0.05, 0) is 36.6 Å². The SMILES string of the molecule is O=C(c1cc(S(=O)(=O)N2CCCCC2)c(Cl)cc1Cl)N1CCN(Cc2ccccc2Cl)CC1. The van der Waals surface area contributed by atoms with Crippen LogP contribution in [0.1, 0.15) is 35.2 Å². The second kappa shape index (κ2) is 10.5. The summed E-state index contributed by atoms with van der Waals surface area (Å²) in [5.41, 5.74) is 1.21. The first-order valence-corrected chi connectivity index (χ1v) is 13.6. The third-order valence-electron chi connectivity index (χ3n) is 6.20. The maximum absolute atomic E-state index is 13.3. The predicted molar refractivity (Wildman–Crippen MR) is 132 cm³/mol. The van der Waals surface area contributed by atoms with Crippen molar-refractivity contribution in [1.82, 2.24) is 14.1 Å². The van der Waals surface area contributed by atoms with Crippen LogP contribution in [0, 0.1) is 0 Å². The predicted octanol–water partition coefficient (Wildman–Crippen LogP) is 4.78. The van der Waals surface area contributed by atoms with E-state index in [0.717, 1.165) is 29.8 Å². The number of carbonyl (C=O) groups is 1. The zero-order valence-corrected chi connectivity index (χ0v) is 21.2. The molecule has 2 saturated heterocycles. The highest BCUT2D eigenvalue weighted by Gasteiger charge is 2.31. The lowest BCUT2D eigenvalue weighted by Crippen LogP contribution is -2.48. The van der Waals surface area contributed by atoms with Gasteiger partial charge >= 0.3 is 0 Å². The highest BCUT2D eigenvalue weighted by molar-refractivity contribution is 7.89. The molecule has 0 N–H and O–H groups in total. The summed E-state index contributed by atoms with van der Waals surface area (Å²) < 4.78 is 27.8. The van der Waals surface area contributed by atoms with Crippen molar-refractivity contribution < 1.29 is 13.2 Å². The van der Waals surface area contributed by atoms with E-state index in [1.165, 1.54) is 16.4 Å². The molecule has 0 aromatic heterocycles. The molecular weight excluding hydrogens is 505 g/mol. The smallest absolute Gasteiger partial charge is 0.255 e. The standard InChI is InChI=1S/C23H26Cl3N3O3S/c24-19-7-3-2-6-17(19)16-27-10-12-28(13-11-27)23(30)18-14-22(21(26)15-20(18)25)33(31,32)29-8-4-1-5-9-29/h2-3,6-7,14-15H,1,4-5,8-13,16H2. The number of nitrogens with zero attached hydrogens (tertiary/aromatic N) is 3. The zero-order chi connectivity index (χ0) is 23.6. The van der Waals surface area contributed by atoms with Crippen molar-refractivity contribution in [3.05, 3.63) is 62.6 Å². The highest BCUT2D eigenvalue weighted by atomic mass is 35.5. The minimum absolute atomic E-state index is 0.0340. The van der Waals surface area contributed by atoms with Gasteiger partial charge < -0.3 is 4.90 Å². The van der Waals surface area contributed by atoms with Crippen LogP contribution in [0.25, 0.3) is 0 Å². The Morgan fingerprint density at radius 1 is 0.818 bits per heavy atom. The molecule has 0 spiro atoms. The summed E-state index contributed by atoms with van der Waals surface area (Å²) in [5, 5.41) is 0.916. The molecule has 0 radical (unpaired) electrons. The van der Waals surface area contributed by atoms with Crippen molar-refractivity contribution in [3.63, 3.8) is 0 Å². The summed E-state index contributed by atoms with van der Waals surface area (Å²) in [6, 6.07) is 10.4. The highest BCUT2D eigenvalue weighted by Crippen LogP contribution is 2.32. The lowest BCUT2D eigenvalue weighted by molar-refractivity contribution is 0.0628. The molecule has 2 aromatic rings. The first kappa shape index (κ1) is 24.8. The molecule has 178 valence electrons. The summed E-state index contributed by atoms with van der Waals surface area (Å²) >= 11 is 18.9. The lowest BCUT2D eigenvalue weighted by Gasteiger charge is -2.35. The minimum atomic E-state index is -3.79. The number of benzene rings is 2. The maximum Gasteiger partial charge on any atom is 0.255 e. The van der Waals surface area contributed by atoms with Gasteiger partial charge in [-0.25, -0.2) is 8.42 Å². The largest absolute Gasteiger partial charge is 0.336 e. The van der Waals surface area contributed by atoms with Gasteiger partial charge in [-0.2, -0.15) is 4.31 Å². The number of piperazine rings is 1. The first-order chi connectivity index (χ1) is 15.8. The summed E-state index contributed by atoms with van der Waals surface area (Å²) in [6.07, 6.45) is 2.63. The van der Waals surface area contributed by atoms with Gasteiger partial charge in [0.15, 0.2) is 0 Å². The number of hydrogen-bond acceptors (Lipinski definition) is 4. The van der Waals surface area contributed by atoms with E-state index in [1.54, 1.807) is 4.90 Å². The monoisotopic (exact) mass is 529 g/mol. The molecule has 6 nitrogen and oxygen atoms in total. The number of carbonyl (C=O) groups excluding carboxylic acids is 1. The van der Waals surface area contributed by atoms with Crippen LogP contribution < -0.4 is 0 Å². The number of sulfonamides is 1. The molecule has 2 fully saturated rings. The zero-order valence-electron chi connectivity index (χ0n) is 18.1. The molecule has 0 bridgehead atoms. The molecule has 0 atom stereocenters. The van der Waals surface area contributed by atoms with E-state index >= 15 is 0 Å². The van der Waals surface area contributed by atoms with Gasteiger partial charge in [0.05, 0.1) is 15.6 Å². The van der Waals surface area contributed by atoms with Gasteiger partial charge in [-0.3, -0.25) is 9.69 Å². The average molecular weight is 531 g/mol. The fraction of sp³-hybridized carbons (Fsp3) is 0.435. The van der Waals surface area contributed by atoms with E-state index in [0.29, 0.717) is 45.8 Å². The van der Waals surface area contributed by atoms with E-state index < -0.39 is 10.0 Å². The Kier molecular flexibility index (Phi) is 7.88. The quantitative estimate of drug-likeness (QED) is 0.558. The molecule has 33 heavy (non-hydrogen) atoms. The maximum atomic E-state index is 13.3. The molecule has 2 aromatic carbocycles. The Labute approximate surface area is 210 Å². The van der Waals surface area contributed by atoms with Gasteiger partial charge in [0, 0.05) is 50.8 Å². The molecule has 2 aliphatic heterocycles. The van der Waals surface area contributed by atoms with Gasteiger partial charge in [0.2, 0.25) is 10.0 Å². The second-order valence-corrected chi connectivity index (χ2v) is 11.5. The van der Waals surface area contributed by atoms with Crippen LogP contribution in [-0.4, -0.2) is 67.7 Å². The fourth-order valence-corrected chi connectivity index (χ4v) is 6.82. The number of rotatable bonds is 5. The van der Waals surface area contributed by atoms with Gasteiger partial charge in [-0.15, -0.1) is 0 Å². The third-order valence-corrected chi connectivity index (χ3v) is 9.24. The Balaban J connectivity index is 1.48. The summed E-state index contributed by atoms with van der Waals surface area (Å²) in [6.45, 7) is 4.01. The number of halogens is 3. The van der Waals surface area contributed by atoms with Crippen LogP contribution in [0.5, 0.6) is 0 Å². The minimum Gasteiger partial charge on any atom is -0.336 e. The molecule has 2 aliphatic rings. The summed E-state index contributed by atoms with van der Waals surface area (Å²) in [7, 11) is -3.79. The van der Waals surface area contributed by atoms with Crippen LogP contribution in [-0.2, 0) is 16.6 Å². The van der Waals surface area contributed by atoms with E-state index in [9.17, 15) is 13.2 Å². The number of hydrogen-bond donors (Lipinski definition) is 0. The van der Waals surface area contributed by atoms with Crippen LogP contribution in [0.4, 0.5) is 0 Å². The molecule has 0 saturated carbocycles. The Morgan fingerprint density at radius 2 is 1.48 bits per heavy atom. The summed E-state index contributed by atoms with van der Waals surface area (Å²) in [5.74, 6) is -0.288. The van der Waals surface area contributed by atoms with E-state index in [-0.39, 0.29) is 26.4 Å². The van der Waals surface area contributed by atoms with Crippen LogP contribution in [0.2, 0.25) is 15.1 Å². The molecular formula is C23H26Cl3N3O3S. The van der Waals surface area contributed by atoms with Crippen LogP contribution in [0.15, 0.2) is 41.3 Å². The van der Waals surface area contributed by atoms with Gasteiger partial charge in [-0.1, -0.05) is 59.4 Å². The van der Waals surface area contributed by atoms with Crippen molar-refractivity contribution in [1.29, 1.82) is 0 Å². The fourth-order valence-electron chi connectivity index (χ4n) is 4.28. The normalized spacial score (nSPS) is 18.5. The van der Waals surface area contributed by atoms with E-state index in [1.807, 2.05) is 24.3 Å². The van der Waals surface area contributed by atoms with Crippen LogP contribution >= 0.6 is 34.8 Å². The van der Waals surface area contributed by atoms with Gasteiger partial charge in [0.25, 0.3) is 5.91 Å². The Hall–Kier alpha value is -1.35. The Morgan fingerprint density at radius 3 is 2.15 bits per heavy atom. The lowest BCUT2D eigenvalue weighted by atomic mass is 10.1. The summed E-state index contributed by atoms with van der Waals surface area (Å²) in [4.78, 5) is 17.1. The number of amides is 1. The molecule has 2 heterocycles. The van der Waals surface area contributed by atoms with Crippen molar-refractivity contribution in [3.8, 4) is 0 Å². The molecule has 1 amide bonds. The van der Waals surface area contributed by atoms with Crippen molar-refractivity contribution >= 4 is 50.7 Å². The molecule has 0 unspecified atom stereocenters. The second-order valence-electron chi connectivity index (χ2n) is 8.39. The van der Waals surface area contributed by atoms with E-state index in [4.69, 9.17) is 34.8 Å². The number of piperidine rings is 1. The van der Waals surface area contributed by atoms with Gasteiger partial charge in [0.1, 0.15) is 4.90 Å². The first-order valence-electron chi connectivity index (χ1n) is 11.0. The van der Waals surface area contributed by atoms with Crippen molar-refractivity contribution in [2.45, 2.75) is 30.7 Å². The average Bonchev–Trinajstić information content (AvgIpc) is 2.81. The molecule has 0 aliphatic carbocycles. The molecule has 4 rings (SSSR count). The Bertz CT molecular complexity index is 1130. The van der Waals surface area contributed by atoms with Crippen LogP contribution in [0.3, 0.4) is 0 Å². The van der Waals surface area contributed by atoms with E-state index in [2.05, 4.69) is 4.90 Å². The molecule has 10 heteroatoms. The van der Waals surface area contributed by atoms with Crippen molar-refractivity contribution in [2.24, 2.45) is 0 Å². The van der Waals surface area contributed by atoms with Crippen molar-refractivity contribution in [2.75, 3.05) is 39.3 Å². The topological polar surface area (TPSA) is 60.9 Å².